The van der Waals surface area contributed by atoms with E-state index < -0.39 is 0 Å². The van der Waals surface area contributed by atoms with Crippen LogP contribution in [0.15, 0.2) is 18.5 Å². The molecule has 0 saturated carbocycles. The third kappa shape index (κ3) is 2.81. The molecule has 5 nitrogen and oxygen atoms in total. The largest absolute Gasteiger partial charge is 0.374 e. The number of imidazole rings is 1. The van der Waals surface area contributed by atoms with Crippen molar-refractivity contribution >= 4 is 11.6 Å². The molecule has 2 aromatic rings. The van der Waals surface area contributed by atoms with Gasteiger partial charge in [0.25, 0.3) is 0 Å². The molecule has 0 saturated heterocycles. The van der Waals surface area contributed by atoms with Crippen molar-refractivity contribution in [1.82, 2.24) is 19.5 Å². The molecule has 2 rings (SSSR count). The molecule has 2 aromatic heterocycles. The van der Waals surface area contributed by atoms with Crippen LogP contribution in [0.1, 0.15) is 18.6 Å². The molecular weight excluding hydrogens is 240 g/mol. The average molecular weight is 253 g/mol. The van der Waals surface area contributed by atoms with Crippen LogP contribution in [0.4, 0.5) is 0 Å². The highest BCUT2D eigenvalue weighted by Crippen LogP contribution is 2.13. The van der Waals surface area contributed by atoms with E-state index >= 15 is 0 Å². The smallest absolute Gasteiger partial charge is 0.158 e. The van der Waals surface area contributed by atoms with E-state index in [1.807, 2.05) is 24.6 Å². The summed E-state index contributed by atoms with van der Waals surface area (Å²) in [5, 5.41) is 0.401. The van der Waals surface area contributed by atoms with Gasteiger partial charge >= 0.3 is 0 Å². The van der Waals surface area contributed by atoms with E-state index in [2.05, 4.69) is 15.0 Å². The monoisotopic (exact) mass is 252 g/mol. The Balaban J connectivity index is 2.35. The van der Waals surface area contributed by atoms with Crippen molar-refractivity contribution in [3.8, 4) is 5.82 Å². The zero-order chi connectivity index (χ0) is 12.3. The minimum Gasteiger partial charge on any atom is -0.374 e. The lowest BCUT2D eigenvalue weighted by molar-refractivity contribution is 0.128. The summed E-state index contributed by atoms with van der Waals surface area (Å²) < 4.78 is 7.12. The van der Waals surface area contributed by atoms with Crippen molar-refractivity contribution < 1.29 is 4.74 Å². The molecule has 0 amide bonds. The van der Waals surface area contributed by atoms with Crippen molar-refractivity contribution in [3.63, 3.8) is 0 Å². The number of nitrogens with zero attached hydrogens (tertiary/aromatic N) is 4. The zero-order valence-electron chi connectivity index (χ0n) is 9.72. The molecular formula is C11H13ClN4O. The van der Waals surface area contributed by atoms with Gasteiger partial charge in [0.2, 0.25) is 0 Å². The van der Waals surface area contributed by atoms with Gasteiger partial charge < -0.3 is 4.74 Å². The first kappa shape index (κ1) is 12.0. The Kier molecular flexibility index (Phi) is 3.71. The van der Waals surface area contributed by atoms with Gasteiger partial charge in [0, 0.05) is 25.1 Å². The Hall–Kier alpha value is -1.46. The summed E-state index contributed by atoms with van der Waals surface area (Å²) >= 11 is 5.96. The van der Waals surface area contributed by atoms with Crippen molar-refractivity contribution in [2.24, 2.45) is 0 Å². The highest BCUT2D eigenvalue weighted by Gasteiger charge is 2.07. The van der Waals surface area contributed by atoms with Gasteiger partial charge in [-0.1, -0.05) is 11.6 Å². The van der Waals surface area contributed by atoms with Crippen LogP contribution in [-0.4, -0.2) is 26.1 Å². The standard InChI is InChI=1S/C11H13ClN4O/c1-3-17-7-10-14-9(12)6-11(15-10)16-5-4-13-8(16)2/h4-6H,3,7H2,1-2H3. The zero-order valence-corrected chi connectivity index (χ0v) is 10.5. The van der Waals surface area contributed by atoms with E-state index in [1.54, 1.807) is 12.3 Å². The highest BCUT2D eigenvalue weighted by molar-refractivity contribution is 6.29. The second-order valence-electron chi connectivity index (χ2n) is 3.45. The summed E-state index contributed by atoms with van der Waals surface area (Å²) in [6.45, 7) is 4.80. The maximum absolute atomic E-state index is 5.96. The van der Waals surface area contributed by atoms with Crippen LogP contribution in [0.2, 0.25) is 5.15 Å². The second-order valence-corrected chi connectivity index (χ2v) is 3.83. The molecule has 0 aliphatic heterocycles. The predicted molar refractivity (Wildman–Crippen MR) is 64.2 cm³/mol. The number of aryl methyl sites for hydroxylation is 1. The number of ether oxygens (including phenoxy) is 1. The number of rotatable bonds is 4. The summed E-state index contributed by atoms with van der Waals surface area (Å²) in [6.07, 6.45) is 3.55. The molecule has 90 valence electrons. The van der Waals surface area contributed by atoms with Crippen molar-refractivity contribution in [2.75, 3.05) is 6.61 Å². The quantitative estimate of drug-likeness (QED) is 0.783. The molecule has 0 bridgehead atoms. The summed E-state index contributed by atoms with van der Waals surface area (Å²) in [5.74, 6) is 2.12. The fourth-order valence-corrected chi connectivity index (χ4v) is 1.65. The Labute approximate surface area is 104 Å². The lowest BCUT2D eigenvalue weighted by atomic mass is 10.5. The third-order valence-corrected chi connectivity index (χ3v) is 2.43. The minimum absolute atomic E-state index is 0.359. The Morgan fingerprint density at radius 1 is 1.41 bits per heavy atom. The molecule has 0 aromatic carbocycles. The van der Waals surface area contributed by atoms with Crippen LogP contribution < -0.4 is 0 Å². The van der Waals surface area contributed by atoms with Crippen molar-refractivity contribution in [3.05, 3.63) is 35.3 Å². The van der Waals surface area contributed by atoms with Crippen LogP contribution in [0.5, 0.6) is 0 Å². The molecule has 0 spiro atoms. The van der Waals surface area contributed by atoms with Gasteiger partial charge in [0.1, 0.15) is 23.4 Å². The first-order valence-corrected chi connectivity index (χ1v) is 5.70. The van der Waals surface area contributed by atoms with E-state index in [0.29, 0.717) is 30.0 Å². The maximum atomic E-state index is 5.96. The number of hydrogen-bond donors (Lipinski definition) is 0. The van der Waals surface area contributed by atoms with Crippen LogP contribution >= 0.6 is 11.6 Å². The van der Waals surface area contributed by atoms with E-state index in [9.17, 15) is 0 Å². The molecule has 6 heteroatoms. The topological polar surface area (TPSA) is 52.8 Å². The number of halogens is 1. The second kappa shape index (κ2) is 5.25. The summed E-state index contributed by atoms with van der Waals surface area (Å²) in [4.78, 5) is 12.6. The van der Waals surface area contributed by atoms with E-state index in [4.69, 9.17) is 16.3 Å². The molecule has 17 heavy (non-hydrogen) atoms. The van der Waals surface area contributed by atoms with Crippen LogP contribution in [0.3, 0.4) is 0 Å². The molecule has 2 heterocycles. The summed E-state index contributed by atoms with van der Waals surface area (Å²) in [6, 6.07) is 1.70. The molecule has 0 N–H and O–H groups in total. The van der Waals surface area contributed by atoms with Gasteiger partial charge in [0.05, 0.1) is 0 Å². The Morgan fingerprint density at radius 3 is 2.88 bits per heavy atom. The average Bonchev–Trinajstić information content (AvgIpc) is 2.72. The lowest BCUT2D eigenvalue weighted by Gasteiger charge is -2.07. The SMILES string of the molecule is CCOCc1nc(Cl)cc(-n2ccnc2C)n1. The van der Waals surface area contributed by atoms with Gasteiger partial charge in [-0.3, -0.25) is 4.57 Å². The first-order chi connectivity index (χ1) is 8.20. The summed E-state index contributed by atoms with van der Waals surface area (Å²) in [7, 11) is 0. The van der Waals surface area contributed by atoms with E-state index in [-0.39, 0.29) is 0 Å². The molecule has 0 unspecified atom stereocenters. The molecule has 0 fully saturated rings. The van der Waals surface area contributed by atoms with Crippen LogP contribution in [0, 0.1) is 6.92 Å². The van der Waals surface area contributed by atoms with Crippen LogP contribution in [0.25, 0.3) is 5.82 Å². The maximum Gasteiger partial charge on any atom is 0.158 e. The highest BCUT2D eigenvalue weighted by atomic mass is 35.5. The van der Waals surface area contributed by atoms with Crippen LogP contribution in [-0.2, 0) is 11.3 Å². The van der Waals surface area contributed by atoms with Gasteiger partial charge in [-0.25, -0.2) is 15.0 Å². The Bertz CT molecular complexity index is 512. The molecule has 0 radical (unpaired) electrons. The molecule has 0 atom stereocenters. The fourth-order valence-electron chi connectivity index (χ4n) is 1.45. The number of hydrogen-bond acceptors (Lipinski definition) is 4. The molecule has 0 aliphatic rings. The fraction of sp³-hybridized carbons (Fsp3) is 0.364. The van der Waals surface area contributed by atoms with Gasteiger partial charge in [-0.2, -0.15) is 0 Å². The normalized spacial score (nSPS) is 10.8. The third-order valence-electron chi connectivity index (χ3n) is 2.24. The van der Waals surface area contributed by atoms with Crippen molar-refractivity contribution in [2.45, 2.75) is 20.5 Å². The van der Waals surface area contributed by atoms with E-state index in [1.165, 1.54) is 0 Å². The van der Waals surface area contributed by atoms with Gasteiger partial charge in [0.15, 0.2) is 5.82 Å². The van der Waals surface area contributed by atoms with E-state index in [0.717, 1.165) is 5.82 Å². The van der Waals surface area contributed by atoms with Gasteiger partial charge in [-0.15, -0.1) is 0 Å². The predicted octanol–water partition coefficient (Wildman–Crippen LogP) is 2.16. The lowest BCUT2D eigenvalue weighted by Crippen LogP contribution is -2.05. The Morgan fingerprint density at radius 2 is 2.24 bits per heavy atom. The van der Waals surface area contributed by atoms with Crippen molar-refractivity contribution in [1.29, 1.82) is 0 Å². The first-order valence-electron chi connectivity index (χ1n) is 5.32. The van der Waals surface area contributed by atoms with Gasteiger partial charge in [-0.05, 0) is 13.8 Å². The summed E-state index contributed by atoms with van der Waals surface area (Å²) in [5.41, 5.74) is 0. The molecule has 0 aliphatic carbocycles. The number of aromatic nitrogens is 4. The minimum atomic E-state index is 0.359.